The number of nitrogens with two attached hydrogens (primary N) is 1. The van der Waals surface area contributed by atoms with Gasteiger partial charge in [-0.25, -0.2) is 0 Å². The van der Waals surface area contributed by atoms with Crippen molar-refractivity contribution < 1.29 is 4.79 Å². The van der Waals surface area contributed by atoms with Crippen LogP contribution in [0.4, 0.5) is 5.69 Å². The second-order valence-corrected chi connectivity index (χ2v) is 5.92. The summed E-state index contributed by atoms with van der Waals surface area (Å²) in [6.45, 7) is 7.14. The predicted octanol–water partition coefficient (Wildman–Crippen LogP) is 4.30. The summed E-state index contributed by atoms with van der Waals surface area (Å²) in [5.74, 6) is 0.126. The van der Waals surface area contributed by atoms with Crippen molar-refractivity contribution in [3.63, 3.8) is 0 Å². The molecule has 0 saturated carbocycles. The lowest BCUT2D eigenvalue weighted by molar-refractivity contribution is -0.118. The van der Waals surface area contributed by atoms with Crippen LogP contribution in [0.3, 0.4) is 0 Å². The van der Waals surface area contributed by atoms with Gasteiger partial charge < -0.3 is 10.6 Å². The molecule has 3 nitrogen and oxygen atoms in total. The highest BCUT2D eigenvalue weighted by Gasteiger charge is 2.18. The number of amides is 1. The number of nitrogens with zero attached hydrogens (tertiary/aromatic N) is 1. The number of rotatable bonds is 8. The highest BCUT2D eigenvalue weighted by molar-refractivity contribution is 5.95. The molecule has 3 heteroatoms. The summed E-state index contributed by atoms with van der Waals surface area (Å²) < 4.78 is 0. The first-order valence-electron chi connectivity index (χ1n) is 8.43. The maximum Gasteiger partial charge on any atom is 0.227 e. The molecule has 0 aliphatic carbocycles. The SMILES string of the molecule is C=Cc1ccccc1N(Cc1ccccc1C)C(=O)CCCCN. The van der Waals surface area contributed by atoms with Gasteiger partial charge in [0.25, 0.3) is 0 Å². The number of carbonyl (C=O) groups excluding carboxylic acids is 1. The van der Waals surface area contributed by atoms with Gasteiger partial charge in [0.15, 0.2) is 0 Å². The lowest BCUT2D eigenvalue weighted by Gasteiger charge is -2.25. The first-order valence-corrected chi connectivity index (χ1v) is 8.43. The summed E-state index contributed by atoms with van der Waals surface area (Å²) in [5, 5.41) is 0. The summed E-state index contributed by atoms with van der Waals surface area (Å²) in [6, 6.07) is 16.1. The van der Waals surface area contributed by atoms with Crippen LogP contribution in [0.1, 0.15) is 36.0 Å². The molecule has 0 spiro atoms. The molecular weight excluding hydrogens is 296 g/mol. The van der Waals surface area contributed by atoms with Crippen LogP contribution in [0.15, 0.2) is 55.1 Å². The minimum atomic E-state index is 0.126. The van der Waals surface area contributed by atoms with Gasteiger partial charge in [-0.2, -0.15) is 0 Å². The van der Waals surface area contributed by atoms with Crippen molar-refractivity contribution in [2.75, 3.05) is 11.4 Å². The zero-order valence-corrected chi connectivity index (χ0v) is 14.4. The fourth-order valence-electron chi connectivity index (χ4n) is 2.73. The molecule has 2 aromatic rings. The zero-order valence-electron chi connectivity index (χ0n) is 14.4. The predicted molar refractivity (Wildman–Crippen MR) is 102 cm³/mol. The van der Waals surface area contributed by atoms with E-state index in [0.29, 0.717) is 19.5 Å². The van der Waals surface area contributed by atoms with E-state index in [4.69, 9.17) is 5.73 Å². The number of unbranched alkanes of at least 4 members (excludes halogenated alkanes) is 1. The molecule has 2 aromatic carbocycles. The van der Waals surface area contributed by atoms with Crippen LogP contribution in [0.2, 0.25) is 0 Å². The van der Waals surface area contributed by atoms with E-state index in [1.807, 2.05) is 41.3 Å². The topological polar surface area (TPSA) is 46.3 Å². The third-order valence-corrected chi connectivity index (χ3v) is 4.18. The molecule has 1 amide bonds. The summed E-state index contributed by atoms with van der Waals surface area (Å²) in [6.07, 6.45) is 3.99. The molecule has 24 heavy (non-hydrogen) atoms. The Labute approximate surface area is 144 Å². The molecule has 0 aromatic heterocycles. The van der Waals surface area contributed by atoms with E-state index in [-0.39, 0.29) is 5.91 Å². The van der Waals surface area contributed by atoms with Gasteiger partial charge in [0.2, 0.25) is 5.91 Å². The maximum atomic E-state index is 12.9. The number of benzene rings is 2. The minimum Gasteiger partial charge on any atom is -0.330 e. The molecular formula is C21H26N2O. The van der Waals surface area contributed by atoms with Gasteiger partial charge in [-0.3, -0.25) is 4.79 Å². The van der Waals surface area contributed by atoms with Gasteiger partial charge in [0.1, 0.15) is 0 Å². The van der Waals surface area contributed by atoms with Gasteiger partial charge in [-0.1, -0.05) is 55.1 Å². The molecule has 126 valence electrons. The van der Waals surface area contributed by atoms with Crippen molar-refractivity contribution in [2.24, 2.45) is 5.73 Å². The molecule has 2 N–H and O–H groups in total. The molecule has 0 fully saturated rings. The zero-order chi connectivity index (χ0) is 17.4. The number of hydrogen-bond acceptors (Lipinski definition) is 2. The first kappa shape index (κ1) is 18.0. The normalized spacial score (nSPS) is 10.4. The molecule has 0 aliphatic rings. The largest absolute Gasteiger partial charge is 0.330 e. The standard InChI is InChI=1S/C21H26N2O/c1-3-18-11-6-7-13-20(18)23(21(24)14-8-9-15-22)16-19-12-5-4-10-17(19)2/h3-7,10-13H,1,8-9,14-16,22H2,2H3. The van der Waals surface area contributed by atoms with Crippen molar-refractivity contribution in [1.29, 1.82) is 0 Å². The van der Waals surface area contributed by atoms with E-state index in [0.717, 1.165) is 29.7 Å². The monoisotopic (exact) mass is 322 g/mol. The molecule has 0 atom stereocenters. The van der Waals surface area contributed by atoms with Crippen LogP contribution in [-0.2, 0) is 11.3 Å². The highest BCUT2D eigenvalue weighted by atomic mass is 16.2. The van der Waals surface area contributed by atoms with E-state index in [9.17, 15) is 4.79 Å². The number of carbonyl (C=O) groups is 1. The summed E-state index contributed by atoms with van der Waals surface area (Å²) in [4.78, 5) is 14.7. The summed E-state index contributed by atoms with van der Waals surface area (Å²) >= 11 is 0. The van der Waals surface area contributed by atoms with Crippen LogP contribution < -0.4 is 10.6 Å². The van der Waals surface area contributed by atoms with Crippen LogP contribution in [-0.4, -0.2) is 12.5 Å². The average Bonchev–Trinajstić information content (AvgIpc) is 2.61. The van der Waals surface area contributed by atoms with Gasteiger partial charge >= 0.3 is 0 Å². The Morgan fingerprint density at radius 1 is 1.12 bits per heavy atom. The first-order chi connectivity index (χ1) is 11.7. The lowest BCUT2D eigenvalue weighted by atomic mass is 10.1. The van der Waals surface area contributed by atoms with Crippen molar-refractivity contribution in [3.8, 4) is 0 Å². The Morgan fingerprint density at radius 3 is 2.54 bits per heavy atom. The van der Waals surface area contributed by atoms with Crippen LogP contribution in [0, 0.1) is 6.92 Å². The van der Waals surface area contributed by atoms with Gasteiger partial charge in [0.05, 0.1) is 12.2 Å². The molecule has 0 unspecified atom stereocenters. The highest BCUT2D eigenvalue weighted by Crippen LogP contribution is 2.25. The molecule has 0 saturated heterocycles. The van der Waals surface area contributed by atoms with E-state index >= 15 is 0 Å². The molecule has 2 rings (SSSR count). The van der Waals surface area contributed by atoms with E-state index in [1.54, 1.807) is 6.08 Å². The van der Waals surface area contributed by atoms with E-state index in [1.165, 1.54) is 5.56 Å². The Kier molecular flexibility index (Phi) is 6.76. The molecule has 0 heterocycles. The van der Waals surface area contributed by atoms with Crippen molar-refractivity contribution in [1.82, 2.24) is 0 Å². The Morgan fingerprint density at radius 2 is 1.83 bits per heavy atom. The van der Waals surface area contributed by atoms with Gasteiger partial charge in [0, 0.05) is 6.42 Å². The van der Waals surface area contributed by atoms with Crippen molar-refractivity contribution >= 4 is 17.7 Å². The lowest BCUT2D eigenvalue weighted by Crippen LogP contribution is -2.31. The Balaban J connectivity index is 2.32. The Hall–Kier alpha value is -2.39. The number of para-hydroxylation sites is 1. The fourth-order valence-corrected chi connectivity index (χ4v) is 2.73. The summed E-state index contributed by atoms with van der Waals surface area (Å²) in [5.41, 5.74) is 9.78. The van der Waals surface area contributed by atoms with Crippen molar-refractivity contribution in [3.05, 3.63) is 71.8 Å². The number of hydrogen-bond donors (Lipinski definition) is 1. The third-order valence-electron chi connectivity index (χ3n) is 4.18. The smallest absolute Gasteiger partial charge is 0.227 e. The van der Waals surface area contributed by atoms with Crippen LogP contribution in [0.25, 0.3) is 6.08 Å². The second-order valence-electron chi connectivity index (χ2n) is 5.92. The molecule has 0 radical (unpaired) electrons. The van der Waals surface area contributed by atoms with Crippen LogP contribution >= 0.6 is 0 Å². The van der Waals surface area contributed by atoms with E-state index < -0.39 is 0 Å². The van der Waals surface area contributed by atoms with Gasteiger partial charge in [-0.05, 0) is 49.1 Å². The van der Waals surface area contributed by atoms with Gasteiger partial charge in [-0.15, -0.1) is 0 Å². The average molecular weight is 322 g/mol. The second kappa shape index (κ2) is 9.04. The molecule has 0 aliphatic heterocycles. The fraction of sp³-hybridized carbons (Fsp3) is 0.286. The van der Waals surface area contributed by atoms with E-state index in [2.05, 4.69) is 25.6 Å². The quantitative estimate of drug-likeness (QED) is 0.737. The maximum absolute atomic E-state index is 12.9. The number of aryl methyl sites for hydroxylation is 1. The van der Waals surface area contributed by atoms with Crippen LogP contribution in [0.5, 0.6) is 0 Å². The number of anilines is 1. The molecule has 0 bridgehead atoms. The Bertz CT molecular complexity index is 694. The minimum absolute atomic E-state index is 0.126. The summed E-state index contributed by atoms with van der Waals surface area (Å²) in [7, 11) is 0. The third kappa shape index (κ3) is 4.56. The van der Waals surface area contributed by atoms with Crippen molar-refractivity contribution in [2.45, 2.75) is 32.7 Å².